The van der Waals surface area contributed by atoms with Gasteiger partial charge in [-0.05, 0) is 31.5 Å². The van der Waals surface area contributed by atoms with Gasteiger partial charge in [-0.1, -0.05) is 6.92 Å². The van der Waals surface area contributed by atoms with Gasteiger partial charge in [0.05, 0.1) is 10.5 Å². The first-order chi connectivity index (χ1) is 8.25. The lowest BCUT2D eigenvalue weighted by atomic mass is 10.1. The molecular formula is C11H16N2O4S. The minimum absolute atomic E-state index is 0.0865. The van der Waals surface area contributed by atoms with E-state index in [1.807, 2.05) is 13.8 Å². The maximum atomic E-state index is 11.2. The maximum absolute atomic E-state index is 11.2. The summed E-state index contributed by atoms with van der Waals surface area (Å²) < 4.78 is 22.3. The number of aromatic carboxylic acids is 1. The van der Waals surface area contributed by atoms with Crippen LogP contribution in [-0.4, -0.2) is 25.5 Å². The first-order valence-electron chi connectivity index (χ1n) is 5.42. The Morgan fingerprint density at radius 2 is 2.11 bits per heavy atom. The second-order valence-corrected chi connectivity index (χ2v) is 5.57. The van der Waals surface area contributed by atoms with Crippen molar-refractivity contribution in [3.05, 3.63) is 23.8 Å². The van der Waals surface area contributed by atoms with Gasteiger partial charge in [0, 0.05) is 11.7 Å². The molecule has 0 amide bonds. The Hall–Kier alpha value is -1.60. The average Bonchev–Trinajstić information content (AvgIpc) is 2.27. The van der Waals surface area contributed by atoms with Gasteiger partial charge >= 0.3 is 5.97 Å². The molecule has 0 fully saturated rings. The third kappa shape index (κ3) is 3.44. The molecule has 0 heterocycles. The molecule has 0 aliphatic carbocycles. The summed E-state index contributed by atoms with van der Waals surface area (Å²) in [4.78, 5) is 10.9. The number of hydrogen-bond acceptors (Lipinski definition) is 4. The number of carbonyl (C=O) groups is 1. The average molecular weight is 272 g/mol. The van der Waals surface area contributed by atoms with Crippen molar-refractivity contribution in [2.24, 2.45) is 5.14 Å². The number of anilines is 1. The summed E-state index contributed by atoms with van der Waals surface area (Å²) >= 11 is 0. The highest BCUT2D eigenvalue weighted by Crippen LogP contribution is 2.21. The predicted octanol–water partition coefficient (Wildman–Crippen LogP) is 1.24. The van der Waals surface area contributed by atoms with Gasteiger partial charge in [-0.25, -0.2) is 18.4 Å². The van der Waals surface area contributed by atoms with E-state index in [1.165, 1.54) is 12.1 Å². The fraction of sp³-hybridized carbons (Fsp3) is 0.364. The van der Waals surface area contributed by atoms with Crippen LogP contribution in [0.5, 0.6) is 0 Å². The van der Waals surface area contributed by atoms with Crippen LogP contribution in [-0.2, 0) is 10.0 Å². The lowest BCUT2D eigenvalue weighted by Crippen LogP contribution is -2.18. The van der Waals surface area contributed by atoms with E-state index in [0.717, 1.165) is 12.5 Å². The molecule has 0 aliphatic heterocycles. The molecule has 18 heavy (non-hydrogen) atoms. The lowest BCUT2D eigenvalue weighted by Gasteiger charge is -2.15. The van der Waals surface area contributed by atoms with Crippen LogP contribution in [0, 0.1) is 0 Å². The highest BCUT2D eigenvalue weighted by Gasteiger charge is 2.16. The number of nitrogens with two attached hydrogens (primary N) is 1. The molecule has 0 saturated carbocycles. The predicted molar refractivity (Wildman–Crippen MR) is 68.2 cm³/mol. The number of nitrogens with one attached hydrogen (secondary N) is 1. The van der Waals surface area contributed by atoms with Crippen molar-refractivity contribution in [1.82, 2.24) is 0 Å². The summed E-state index contributed by atoms with van der Waals surface area (Å²) in [6.45, 7) is 3.86. The van der Waals surface area contributed by atoms with Crippen molar-refractivity contribution in [2.45, 2.75) is 31.2 Å². The van der Waals surface area contributed by atoms with Gasteiger partial charge in [0.1, 0.15) is 0 Å². The SMILES string of the molecule is CC[C@@H](C)Nc1ccc(S(N)(=O)=O)cc1C(=O)O. The van der Waals surface area contributed by atoms with Gasteiger partial charge in [-0.2, -0.15) is 0 Å². The van der Waals surface area contributed by atoms with Gasteiger partial charge in [0.2, 0.25) is 10.0 Å². The van der Waals surface area contributed by atoms with Crippen LogP contribution in [0.25, 0.3) is 0 Å². The van der Waals surface area contributed by atoms with Gasteiger partial charge in [-0.15, -0.1) is 0 Å². The number of carboxylic acids is 1. The minimum atomic E-state index is -3.90. The van der Waals surface area contributed by atoms with E-state index in [1.54, 1.807) is 0 Å². The van der Waals surface area contributed by atoms with Crippen LogP contribution in [0.4, 0.5) is 5.69 Å². The summed E-state index contributed by atoms with van der Waals surface area (Å²) in [5, 5.41) is 17.0. The van der Waals surface area contributed by atoms with Crippen molar-refractivity contribution in [2.75, 3.05) is 5.32 Å². The Kier molecular flexibility index (Phi) is 4.31. The van der Waals surface area contributed by atoms with Crippen LogP contribution in [0.1, 0.15) is 30.6 Å². The summed E-state index contributed by atoms with van der Waals surface area (Å²) in [6.07, 6.45) is 0.815. The van der Waals surface area contributed by atoms with E-state index >= 15 is 0 Å². The monoisotopic (exact) mass is 272 g/mol. The number of primary sulfonamides is 1. The zero-order chi connectivity index (χ0) is 13.9. The van der Waals surface area contributed by atoms with Crippen LogP contribution < -0.4 is 10.5 Å². The van der Waals surface area contributed by atoms with E-state index in [-0.39, 0.29) is 16.5 Å². The number of rotatable bonds is 5. The van der Waals surface area contributed by atoms with Crippen LogP contribution in [0.15, 0.2) is 23.1 Å². The molecule has 7 heteroatoms. The molecule has 0 aromatic heterocycles. The molecule has 0 unspecified atom stereocenters. The van der Waals surface area contributed by atoms with E-state index < -0.39 is 16.0 Å². The number of carboxylic acid groups (broad SMARTS) is 1. The Morgan fingerprint density at radius 3 is 2.56 bits per heavy atom. The standard InChI is InChI=1S/C11H16N2O4S/c1-3-7(2)13-10-5-4-8(18(12,16)17)6-9(10)11(14)15/h4-7,13H,3H2,1-2H3,(H,14,15)(H2,12,16,17)/t7-/m1/s1. The van der Waals surface area contributed by atoms with Crippen LogP contribution in [0.3, 0.4) is 0 Å². The highest BCUT2D eigenvalue weighted by atomic mass is 32.2. The first-order valence-corrected chi connectivity index (χ1v) is 6.97. The molecule has 0 radical (unpaired) electrons. The fourth-order valence-electron chi connectivity index (χ4n) is 1.37. The highest BCUT2D eigenvalue weighted by molar-refractivity contribution is 7.89. The summed E-state index contributed by atoms with van der Waals surface area (Å²) in [5.41, 5.74) is 0.270. The Balaban J connectivity index is 3.25. The molecule has 1 aromatic carbocycles. The smallest absolute Gasteiger partial charge is 0.337 e. The van der Waals surface area contributed by atoms with Gasteiger partial charge < -0.3 is 10.4 Å². The van der Waals surface area contributed by atoms with E-state index in [9.17, 15) is 13.2 Å². The van der Waals surface area contributed by atoms with E-state index in [4.69, 9.17) is 10.2 Å². The number of hydrogen-bond donors (Lipinski definition) is 3. The molecule has 0 bridgehead atoms. The second-order valence-electron chi connectivity index (χ2n) is 4.01. The zero-order valence-electron chi connectivity index (χ0n) is 10.2. The molecule has 0 spiro atoms. The normalized spacial score (nSPS) is 13.1. The Morgan fingerprint density at radius 1 is 1.50 bits per heavy atom. The van der Waals surface area contributed by atoms with Crippen LogP contribution in [0.2, 0.25) is 0 Å². The summed E-state index contributed by atoms with van der Waals surface area (Å²) in [5.74, 6) is -1.20. The van der Waals surface area contributed by atoms with Crippen molar-refractivity contribution in [3.8, 4) is 0 Å². The molecule has 0 aliphatic rings. The molecule has 1 rings (SSSR count). The van der Waals surface area contributed by atoms with E-state index in [0.29, 0.717) is 5.69 Å². The molecule has 1 aromatic rings. The topological polar surface area (TPSA) is 109 Å². The van der Waals surface area contributed by atoms with Crippen molar-refractivity contribution in [1.29, 1.82) is 0 Å². The summed E-state index contributed by atoms with van der Waals surface area (Å²) in [6, 6.07) is 3.84. The molecule has 6 nitrogen and oxygen atoms in total. The molecule has 0 saturated heterocycles. The van der Waals surface area contributed by atoms with Crippen LogP contribution >= 0.6 is 0 Å². The maximum Gasteiger partial charge on any atom is 0.337 e. The molecule has 100 valence electrons. The Labute approximate surface area is 106 Å². The largest absolute Gasteiger partial charge is 0.478 e. The molecule has 1 atom stereocenters. The first kappa shape index (κ1) is 14.5. The number of sulfonamides is 1. The Bertz CT molecular complexity index is 554. The van der Waals surface area contributed by atoms with Crippen molar-refractivity contribution >= 4 is 21.7 Å². The third-order valence-corrected chi connectivity index (χ3v) is 3.48. The van der Waals surface area contributed by atoms with Gasteiger partial charge in [0.15, 0.2) is 0 Å². The second kappa shape index (κ2) is 5.36. The van der Waals surface area contributed by atoms with Gasteiger partial charge in [-0.3, -0.25) is 0 Å². The fourth-order valence-corrected chi connectivity index (χ4v) is 1.91. The minimum Gasteiger partial charge on any atom is -0.478 e. The van der Waals surface area contributed by atoms with Crippen molar-refractivity contribution < 1.29 is 18.3 Å². The van der Waals surface area contributed by atoms with E-state index in [2.05, 4.69) is 5.32 Å². The quantitative estimate of drug-likeness (QED) is 0.747. The molecule has 4 N–H and O–H groups in total. The van der Waals surface area contributed by atoms with Crippen molar-refractivity contribution in [3.63, 3.8) is 0 Å². The number of benzene rings is 1. The lowest BCUT2D eigenvalue weighted by molar-refractivity contribution is 0.0697. The zero-order valence-corrected chi connectivity index (χ0v) is 11.0. The third-order valence-electron chi connectivity index (χ3n) is 2.56. The summed E-state index contributed by atoms with van der Waals surface area (Å²) in [7, 11) is -3.90. The van der Waals surface area contributed by atoms with Gasteiger partial charge in [0.25, 0.3) is 0 Å². The molecular weight excluding hydrogens is 256 g/mol.